The second-order valence-corrected chi connectivity index (χ2v) is 10.8. The fourth-order valence-electron chi connectivity index (χ4n) is 3.96. The van der Waals surface area contributed by atoms with Crippen molar-refractivity contribution in [2.75, 3.05) is 23.2 Å². The first-order chi connectivity index (χ1) is 14.5. The van der Waals surface area contributed by atoms with Crippen molar-refractivity contribution in [1.29, 1.82) is 0 Å². The van der Waals surface area contributed by atoms with E-state index in [1.54, 1.807) is 6.07 Å². The molecule has 2 aromatic carbocycles. The SMILES string of the molecule is O=C(CCc1ccccc1)N=C1S[C@H]2CS(=O)(=O)C[C@@H]2N1c1ccc2c(c1)OCO2. The Bertz CT molecular complexity index is 1120. The highest BCUT2D eigenvalue weighted by molar-refractivity contribution is 8.16. The van der Waals surface area contributed by atoms with Gasteiger partial charge in [-0.3, -0.25) is 4.79 Å². The van der Waals surface area contributed by atoms with Crippen LogP contribution in [0, 0.1) is 0 Å². The molecule has 2 atom stereocenters. The van der Waals surface area contributed by atoms with Crippen molar-refractivity contribution in [3.63, 3.8) is 0 Å². The minimum atomic E-state index is -3.11. The first kappa shape index (κ1) is 19.4. The van der Waals surface area contributed by atoms with E-state index in [4.69, 9.17) is 9.47 Å². The highest BCUT2D eigenvalue weighted by Gasteiger charge is 2.49. The van der Waals surface area contributed by atoms with Gasteiger partial charge in [0.05, 0.1) is 17.5 Å². The number of anilines is 1. The van der Waals surface area contributed by atoms with Crippen LogP contribution in [-0.2, 0) is 21.1 Å². The number of carbonyl (C=O) groups excluding carboxylic acids is 1. The molecule has 3 aliphatic rings. The summed E-state index contributed by atoms with van der Waals surface area (Å²) in [7, 11) is -3.11. The molecular weight excluding hydrogens is 424 g/mol. The van der Waals surface area contributed by atoms with Crippen molar-refractivity contribution in [2.24, 2.45) is 4.99 Å². The summed E-state index contributed by atoms with van der Waals surface area (Å²) in [6, 6.07) is 15.0. The van der Waals surface area contributed by atoms with E-state index in [9.17, 15) is 13.2 Å². The number of hydrogen-bond donors (Lipinski definition) is 0. The second kappa shape index (κ2) is 7.63. The molecule has 0 aromatic heterocycles. The Balaban J connectivity index is 1.41. The number of fused-ring (bicyclic) bond motifs is 2. The van der Waals surface area contributed by atoms with Gasteiger partial charge in [0.2, 0.25) is 12.7 Å². The fraction of sp³-hybridized carbons (Fsp3) is 0.333. The average Bonchev–Trinajstić information content (AvgIpc) is 3.38. The summed E-state index contributed by atoms with van der Waals surface area (Å²) in [5.41, 5.74) is 1.84. The van der Waals surface area contributed by atoms with Crippen LogP contribution < -0.4 is 14.4 Å². The van der Waals surface area contributed by atoms with Gasteiger partial charge in [-0.15, -0.1) is 0 Å². The lowest BCUT2D eigenvalue weighted by atomic mass is 10.1. The maximum Gasteiger partial charge on any atom is 0.248 e. The van der Waals surface area contributed by atoms with Crippen molar-refractivity contribution >= 4 is 38.4 Å². The molecule has 156 valence electrons. The number of nitrogens with zero attached hydrogens (tertiary/aromatic N) is 2. The number of benzene rings is 2. The molecule has 2 aromatic rings. The van der Waals surface area contributed by atoms with Crippen LogP contribution in [-0.4, -0.2) is 49.1 Å². The van der Waals surface area contributed by atoms with Gasteiger partial charge < -0.3 is 14.4 Å². The summed E-state index contributed by atoms with van der Waals surface area (Å²) in [6.07, 6.45) is 0.920. The molecular formula is C21H20N2O5S2. The van der Waals surface area contributed by atoms with E-state index in [1.165, 1.54) is 11.8 Å². The van der Waals surface area contributed by atoms with Gasteiger partial charge in [-0.05, 0) is 24.1 Å². The number of aliphatic imine (C=N–C) groups is 1. The lowest BCUT2D eigenvalue weighted by molar-refractivity contribution is -0.117. The van der Waals surface area contributed by atoms with E-state index in [2.05, 4.69) is 4.99 Å². The minimum Gasteiger partial charge on any atom is -0.454 e. The third kappa shape index (κ3) is 3.79. The third-order valence-corrected chi connectivity index (χ3v) is 8.60. The molecule has 0 radical (unpaired) electrons. The summed E-state index contributed by atoms with van der Waals surface area (Å²) in [5.74, 6) is 1.20. The molecule has 0 spiro atoms. The zero-order valence-corrected chi connectivity index (χ0v) is 17.7. The zero-order chi connectivity index (χ0) is 20.7. The number of aryl methyl sites for hydroxylation is 1. The molecule has 0 aliphatic carbocycles. The average molecular weight is 445 g/mol. The molecule has 0 N–H and O–H groups in total. The van der Waals surface area contributed by atoms with E-state index in [0.29, 0.717) is 29.5 Å². The molecule has 2 fully saturated rings. The van der Waals surface area contributed by atoms with Crippen molar-refractivity contribution in [3.05, 3.63) is 54.1 Å². The van der Waals surface area contributed by atoms with Crippen molar-refractivity contribution in [2.45, 2.75) is 24.1 Å². The molecule has 5 rings (SSSR count). The first-order valence-electron chi connectivity index (χ1n) is 9.70. The van der Waals surface area contributed by atoms with Crippen LogP contribution in [0.1, 0.15) is 12.0 Å². The highest BCUT2D eigenvalue weighted by atomic mass is 32.2. The Hall–Kier alpha value is -2.52. The van der Waals surface area contributed by atoms with Gasteiger partial charge in [0.1, 0.15) is 0 Å². The zero-order valence-electron chi connectivity index (χ0n) is 16.1. The van der Waals surface area contributed by atoms with Crippen LogP contribution in [0.4, 0.5) is 5.69 Å². The number of ether oxygens (including phenoxy) is 2. The lowest BCUT2D eigenvalue weighted by Crippen LogP contribution is -2.37. The van der Waals surface area contributed by atoms with Crippen molar-refractivity contribution in [3.8, 4) is 11.5 Å². The van der Waals surface area contributed by atoms with Gasteiger partial charge in [-0.25, -0.2) is 8.42 Å². The molecule has 0 bridgehead atoms. The number of rotatable bonds is 4. The summed E-state index contributed by atoms with van der Waals surface area (Å²) in [4.78, 5) is 18.8. The predicted octanol–water partition coefficient (Wildman–Crippen LogP) is 2.65. The topological polar surface area (TPSA) is 85.3 Å². The molecule has 1 amide bonds. The standard InChI is InChI=1S/C21H20N2O5S2/c24-20(9-6-14-4-2-1-3-5-14)22-21-23(16-11-30(25,26)12-19(16)29-21)15-7-8-17-18(10-15)28-13-27-17/h1-5,7-8,10,16,19H,6,9,11-13H2/t16-,19-/m0/s1. The molecule has 3 heterocycles. The normalized spacial score (nSPS) is 24.9. The van der Waals surface area contributed by atoms with Gasteiger partial charge in [-0.1, -0.05) is 42.1 Å². The van der Waals surface area contributed by atoms with E-state index in [0.717, 1.165) is 11.3 Å². The Morgan fingerprint density at radius 3 is 2.73 bits per heavy atom. The maximum atomic E-state index is 12.6. The second-order valence-electron chi connectivity index (χ2n) is 7.48. The third-order valence-electron chi connectivity index (χ3n) is 5.39. The quantitative estimate of drug-likeness (QED) is 0.717. The van der Waals surface area contributed by atoms with Crippen LogP contribution in [0.25, 0.3) is 0 Å². The van der Waals surface area contributed by atoms with E-state index in [-0.39, 0.29) is 35.5 Å². The number of amides is 1. The van der Waals surface area contributed by atoms with Crippen LogP contribution >= 0.6 is 11.8 Å². The summed E-state index contributed by atoms with van der Waals surface area (Å²) in [6.45, 7) is 0.160. The van der Waals surface area contributed by atoms with Crippen LogP contribution in [0.3, 0.4) is 0 Å². The van der Waals surface area contributed by atoms with Gasteiger partial charge in [0.15, 0.2) is 26.5 Å². The summed E-state index contributed by atoms with van der Waals surface area (Å²) in [5, 5.41) is 0.415. The Morgan fingerprint density at radius 2 is 1.90 bits per heavy atom. The smallest absolute Gasteiger partial charge is 0.248 e. The summed E-state index contributed by atoms with van der Waals surface area (Å²) < 4.78 is 35.3. The van der Waals surface area contributed by atoms with Crippen molar-refractivity contribution in [1.82, 2.24) is 0 Å². The van der Waals surface area contributed by atoms with Crippen LogP contribution in [0.15, 0.2) is 53.5 Å². The number of amidine groups is 1. The van der Waals surface area contributed by atoms with Gasteiger partial charge in [-0.2, -0.15) is 4.99 Å². The molecule has 2 saturated heterocycles. The number of sulfone groups is 1. The minimum absolute atomic E-state index is 0.0519. The molecule has 9 heteroatoms. The molecule has 0 unspecified atom stereocenters. The highest BCUT2D eigenvalue weighted by Crippen LogP contribution is 2.43. The van der Waals surface area contributed by atoms with E-state index < -0.39 is 9.84 Å². The fourth-order valence-corrected chi connectivity index (χ4v) is 7.89. The lowest BCUT2D eigenvalue weighted by Gasteiger charge is -2.24. The molecule has 3 aliphatic heterocycles. The monoisotopic (exact) mass is 444 g/mol. The molecule has 7 nitrogen and oxygen atoms in total. The largest absolute Gasteiger partial charge is 0.454 e. The molecule has 0 saturated carbocycles. The predicted molar refractivity (Wildman–Crippen MR) is 116 cm³/mol. The van der Waals surface area contributed by atoms with Crippen LogP contribution in [0.2, 0.25) is 0 Å². The number of thioether (sulfide) groups is 1. The molecule has 30 heavy (non-hydrogen) atoms. The van der Waals surface area contributed by atoms with Crippen LogP contribution in [0.5, 0.6) is 11.5 Å². The first-order valence-corrected chi connectivity index (χ1v) is 12.4. The summed E-state index contributed by atoms with van der Waals surface area (Å²) >= 11 is 1.37. The maximum absolute atomic E-state index is 12.6. The number of hydrogen-bond acceptors (Lipinski definition) is 6. The Kier molecular flexibility index (Phi) is 4.94. The van der Waals surface area contributed by atoms with E-state index >= 15 is 0 Å². The van der Waals surface area contributed by atoms with Gasteiger partial charge in [0, 0.05) is 23.4 Å². The van der Waals surface area contributed by atoms with Crippen molar-refractivity contribution < 1.29 is 22.7 Å². The Labute approximate surface area is 179 Å². The number of carbonyl (C=O) groups is 1. The van der Waals surface area contributed by atoms with Gasteiger partial charge in [0.25, 0.3) is 0 Å². The Morgan fingerprint density at radius 1 is 1.10 bits per heavy atom. The van der Waals surface area contributed by atoms with E-state index in [1.807, 2.05) is 47.4 Å². The van der Waals surface area contributed by atoms with Gasteiger partial charge >= 0.3 is 0 Å².